The number of nitrogens with zero attached hydrogens (tertiary/aromatic N) is 1. The third-order valence-corrected chi connectivity index (χ3v) is 1.38. The fourth-order valence-electron chi connectivity index (χ4n) is 1.02. The lowest BCUT2D eigenvalue weighted by molar-refractivity contribution is -0.462. The van der Waals surface area contributed by atoms with Crippen LogP contribution < -0.4 is 0 Å². The van der Waals surface area contributed by atoms with E-state index in [9.17, 15) is 4.79 Å². The smallest absolute Gasteiger partial charge is 0.321 e. The van der Waals surface area contributed by atoms with Crippen LogP contribution in [0.5, 0.6) is 0 Å². The summed E-state index contributed by atoms with van der Waals surface area (Å²) in [6, 6.07) is 0. The van der Waals surface area contributed by atoms with Crippen molar-refractivity contribution in [2.45, 2.75) is 20.8 Å². The summed E-state index contributed by atoms with van der Waals surface area (Å²) in [5.41, 5.74) is -0.528. The molecule has 0 aromatic heterocycles. The highest BCUT2D eigenvalue weighted by molar-refractivity contribution is 5.92. The van der Waals surface area contributed by atoms with Gasteiger partial charge in [-0.3, -0.25) is 4.79 Å². The highest BCUT2D eigenvalue weighted by Gasteiger charge is 2.30. The number of rotatable bonds is 3. The normalized spacial score (nSPS) is 10.8. The van der Waals surface area contributed by atoms with Gasteiger partial charge in [0, 0.05) is 0 Å². The van der Waals surface area contributed by atoms with E-state index in [4.69, 9.17) is 4.74 Å². The van der Waals surface area contributed by atoms with Crippen molar-refractivity contribution in [2.75, 3.05) is 20.7 Å². The average molecular weight is 172 g/mol. The van der Waals surface area contributed by atoms with Gasteiger partial charge >= 0.3 is 5.97 Å². The van der Waals surface area contributed by atoms with Gasteiger partial charge in [-0.25, -0.2) is 4.58 Å². The number of hydrogen-bond acceptors (Lipinski definition) is 2. The van der Waals surface area contributed by atoms with Crippen molar-refractivity contribution in [2.24, 2.45) is 5.41 Å². The van der Waals surface area contributed by atoms with Crippen LogP contribution >= 0.6 is 0 Å². The summed E-state index contributed by atoms with van der Waals surface area (Å²) in [5.74, 6) is -0.182. The maximum absolute atomic E-state index is 11.3. The van der Waals surface area contributed by atoms with Crippen LogP contribution in [0.4, 0.5) is 0 Å². The lowest BCUT2D eigenvalue weighted by Crippen LogP contribution is -2.31. The molecule has 0 aliphatic heterocycles. The van der Waals surface area contributed by atoms with Gasteiger partial charge in [-0.2, -0.15) is 0 Å². The zero-order valence-electron chi connectivity index (χ0n) is 8.55. The Balaban J connectivity index is 4.39. The molecular weight excluding hydrogens is 154 g/mol. The Morgan fingerprint density at radius 3 is 2.33 bits per heavy atom. The molecule has 0 saturated carbocycles. The first-order valence-electron chi connectivity index (χ1n) is 4.10. The monoisotopic (exact) mass is 172 g/mol. The quantitative estimate of drug-likeness (QED) is 0.360. The molecule has 0 radical (unpaired) electrons. The maximum atomic E-state index is 11.3. The molecule has 0 N–H and O–H groups in total. The SMILES string of the molecule is CCOC(=O)C(C)(C)C=[N+](C)C. The first kappa shape index (κ1) is 11.1. The van der Waals surface area contributed by atoms with Gasteiger partial charge in [0.15, 0.2) is 6.21 Å². The van der Waals surface area contributed by atoms with E-state index >= 15 is 0 Å². The van der Waals surface area contributed by atoms with E-state index in [0.29, 0.717) is 6.61 Å². The fraction of sp³-hybridized carbons (Fsp3) is 0.778. The molecule has 0 aromatic carbocycles. The molecule has 3 heteroatoms. The van der Waals surface area contributed by atoms with Crippen LogP contribution in [0.1, 0.15) is 20.8 Å². The lowest BCUT2D eigenvalue weighted by atomic mass is 9.95. The Labute approximate surface area is 74.0 Å². The van der Waals surface area contributed by atoms with Gasteiger partial charge in [0.25, 0.3) is 0 Å². The standard InChI is InChI=1S/C9H18NO2/c1-6-12-8(11)9(2,3)7-10(4)5/h7H,6H2,1-5H3/q+1. The van der Waals surface area contributed by atoms with Gasteiger partial charge in [0.05, 0.1) is 6.61 Å². The molecule has 0 heterocycles. The molecule has 0 fully saturated rings. The van der Waals surface area contributed by atoms with Gasteiger partial charge in [-0.1, -0.05) is 0 Å². The number of carbonyl (C=O) groups is 1. The van der Waals surface area contributed by atoms with Gasteiger partial charge in [0.1, 0.15) is 19.5 Å². The molecule has 0 unspecified atom stereocenters. The van der Waals surface area contributed by atoms with Gasteiger partial charge in [0.2, 0.25) is 0 Å². The molecule has 0 spiro atoms. The molecule has 0 aliphatic rings. The summed E-state index contributed by atoms with van der Waals surface area (Å²) < 4.78 is 6.77. The van der Waals surface area contributed by atoms with E-state index in [0.717, 1.165) is 0 Å². The summed E-state index contributed by atoms with van der Waals surface area (Å²) in [6.07, 6.45) is 1.84. The molecule has 0 rings (SSSR count). The Morgan fingerprint density at radius 2 is 2.00 bits per heavy atom. The summed E-state index contributed by atoms with van der Waals surface area (Å²) in [6.45, 7) is 5.92. The minimum absolute atomic E-state index is 0.182. The van der Waals surface area contributed by atoms with Crippen molar-refractivity contribution < 1.29 is 14.1 Å². The summed E-state index contributed by atoms with van der Waals surface area (Å²) >= 11 is 0. The van der Waals surface area contributed by atoms with E-state index in [-0.39, 0.29) is 5.97 Å². The number of hydrogen-bond donors (Lipinski definition) is 0. The Hall–Kier alpha value is -0.860. The van der Waals surface area contributed by atoms with E-state index in [1.807, 2.05) is 45.7 Å². The summed E-state index contributed by atoms with van der Waals surface area (Å²) in [5, 5.41) is 0. The zero-order valence-corrected chi connectivity index (χ0v) is 8.55. The van der Waals surface area contributed by atoms with E-state index in [1.54, 1.807) is 0 Å². The van der Waals surface area contributed by atoms with E-state index in [2.05, 4.69) is 0 Å². The van der Waals surface area contributed by atoms with Crippen LogP contribution in [0.2, 0.25) is 0 Å². The first-order chi connectivity index (χ1) is 5.40. The molecule has 3 nitrogen and oxygen atoms in total. The topological polar surface area (TPSA) is 29.3 Å². The Bertz CT molecular complexity index is 191. The summed E-state index contributed by atoms with van der Waals surface area (Å²) in [7, 11) is 3.78. The second kappa shape index (κ2) is 4.24. The van der Waals surface area contributed by atoms with Crippen molar-refractivity contribution >= 4 is 12.2 Å². The highest BCUT2D eigenvalue weighted by atomic mass is 16.5. The predicted octanol–water partition coefficient (Wildman–Crippen LogP) is 0.919. The van der Waals surface area contributed by atoms with Crippen LogP contribution in [0.15, 0.2) is 0 Å². The molecule has 0 atom stereocenters. The third kappa shape index (κ3) is 3.51. The number of ether oxygens (including phenoxy) is 1. The highest BCUT2D eigenvalue weighted by Crippen LogP contribution is 2.13. The first-order valence-corrected chi connectivity index (χ1v) is 4.10. The van der Waals surface area contributed by atoms with Crippen LogP contribution in [-0.4, -0.2) is 37.5 Å². The minimum atomic E-state index is -0.528. The van der Waals surface area contributed by atoms with Gasteiger partial charge in [-0.15, -0.1) is 0 Å². The molecule has 0 amide bonds. The molecule has 12 heavy (non-hydrogen) atoms. The van der Waals surface area contributed by atoms with E-state index < -0.39 is 5.41 Å². The predicted molar refractivity (Wildman–Crippen MR) is 48.6 cm³/mol. The van der Waals surface area contributed by atoms with Crippen molar-refractivity contribution in [3.63, 3.8) is 0 Å². The molecule has 0 saturated heterocycles. The van der Waals surface area contributed by atoms with Crippen molar-refractivity contribution in [3.05, 3.63) is 0 Å². The van der Waals surface area contributed by atoms with Crippen LogP contribution in [0.25, 0.3) is 0 Å². The maximum Gasteiger partial charge on any atom is 0.321 e. The largest absolute Gasteiger partial charge is 0.465 e. The lowest BCUT2D eigenvalue weighted by Gasteiger charge is -2.14. The van der Waals surface area contributed by atoms with Crippen LogP contribution in [-0.2, 0) is 9.53 Å². The molecule has 70 valence electrons. The second-order valence-corrected chi connectivity index (χ2v) is 3.53. The van der Waals surface area contributed by atoms with Gasteiger partial charge < -0.3 is 4.74 Å². The second-order valence-electron chi connectivity index (χ2n) is 3.53. The van der Waals surface area contributed by atoms with E-state index in [1.165, 1.54) is 0 Å². The molecule has 0 aliphatic carbocycles. The fourth-order valence-corrected chi connectivity index (χ4v) is 1.02. The Kier molecular flexibility index (Phi) is 3.93. The van der Waals surface area contributed by atoms with Gasteiger partial charge in [-0.05, 0) is 20.8 Å². The third-order valence-electron chi connectivity index (χ3n) is 1.38. The number of esters is 1. The number of carbonyl (C=O) groups excluding carboxylic acids is 1. The summed E-state index contributed by atoms with van der Waals surface area (Å²) in [4.78, 5) is 11.3. The average Bonchev–Trinajstić information content (AvgIpc) is 1.85. The van der Waals surface area contributed by atoms with Crippen molar-refractivity contribution in [1.82, 2.24) is 0 Å². The molecular formula is C9H18NO2+. The minimum Gasteiger partial charge on any atom is -0.465 e. The zero-order chi connectivity index (χ0) is 9.78. The Morgan fingerprint density at radius 1 is 1.50 bits per heavy atom. The van der Waals surface area contributed by atoms with Crippen molar-refractivity contribution in [1.29, 1.82) is 0 Å². The van der Waals surface area contributed by atoms with Crippen molar-refractivity contribution in [3.8, 4) is 0 Å². The van der Waals surface area contributed by atoms with Crippen LogP contribution in [0.3, 0.4) is 0 Å². The molecule has 0 bridgehead atoms. The van der Waals surface area contributed by atoms with Crippen LogP contribution in [0, 0.1) is 5.41 Å². The molecule has 0 aromatic rings.